The molecule has 2 aliphatic rings. The molecule has 1 saturated heterocycles. The van der Waals surface area contributed by atoms with Gasteiger partial charge in [-0.1, -0.05) is 25.0 Å². The van der Waals surface area contributed by atoms with E-state index in [0.717, 1.165) is 24.3 Å². The van der Waals surface area contributed by atoms with Crippen LogP contribution in [0.1, 0.15) is 44.1 Å². The maximum atomic E-state index is 9.18. The Morgan fingerprint density at radius 1 is 1.00 bits per heavy atom. The van der Waals surface area contributed by atoms with Crippen molar-refractivity contribution < 1.29 is 0 Å². The van der Waals surface area contributed by atoms with Crippen LogP contribution in [0.2, 0.25) is 0 Å². The normalized spacial score (nSPS) is 22.1. The molecule has 1 spiro atoms. The largest absolute Gasteiger partial charge is 0.370 e. The SMILES string of the molecule is N#Cc1ccccc1N1CCC2(CCCC2)CC1. The van der Waals surface area contributed by atoms with Crippen LogP contribution in [0.15, 0.2) is 24.3 Å². The molecule has 3 rings (SSSR count). The highest BCUT2D eigenvalue weighted by Gasteiger charge is 2.37. The predicted molar refractivity (Wildman–Crippen MR) is 73.5 cm³/mol. The zero-order valence-electron chi connectivity index (χ0n) is 10.9. The molecule has 18 heavy (non-hydrogen) atoms. The van der Waals surface area contributed by atoms with Gasteiger partial charge in [-0.05, 0) is 43.2 Å². The first-order chi connectivity index (χ1) is 8.83. The smallest absolute Gasteiger partial charge is 0.101 e. The van der Waals surface area contributed by atoms with E-state index in [-0.39, 0.29) is 0 Å². The van der Waals surface area contributed by atoms with Crippen LogP contribution >= 0.6 is 0 Å². The van der Waals surface area contributed by atoms with E-state index in [9.17, 15) is 5.26 Å². The van der Waals surface area contributed by atoms with Gasteiger partial charge in [0.2, 0.25) is 0 Å². The molecule has 0 N–H and O–H groups in total. The molecule has 1 aromatic rings. The molecular weight excluding hydrogens is 220 g/mol. The number of benzene rings is 1. The summed E-state index contributed by atoms with van der Waals surface area (Å²) in [5.74, 6) is 0. The Hall–Kier alpha value is -1.49. The van der Waals surface area contributed by atoms with Gasteiger partial charge in [-0.25, -0.2) is 0 Å². The number of hydrogen-bond acceptors (Lipinski definition) is 2. The first-order valence-corrected chi connectivity index (χ1v) is 7.07. The van der Waals surface area contributed by atoms with Gasteiger partial charge >= 0.3 is 0 Å². The molecule has 2 heteroatoms. The molecular formula is C16H20N2. The average molecular weight is 240 g/mol. The van der Waals surface area contributed by atoms with Crippen LogP contribution in [0.4, 0.5) is 5.69 Å². The monoisotopic (exact) mass is 240 g/mol. The molecule has 1 aliphatic heterocycles. The van der Waals surface area contributed by atoms with E-state index < -0.39 is 0 Å². The van der Waals surface area contributed by atoms with E-state index in [4.69, 9.17) is 0 Å². The van der Waals surface area contributed by atoms with Crippen molar-refractivity contribution in [3.8, 4) is 6.07 Å². The molecule has 0 bridgehead atoms. The topological polar surface area (TPSA) is 27.0 Å². The van der Waals surface area contributed by atoms with Gasteiger partial charge < -0.3 is 4.90 Å². The van der Waals surface area contributed by atoms with Crippen molar-refractivity contribution in [3.63, 3.8) is 0 Å². The fraction of sp³-hybridized carbons (Fsp3) is 0.562. The highest BCUT2D eigenvalue weighted by molar-refractivity contribution is 5.59. The molecule has 1 aromatic carbocycles. The maximum Gasteiger partial charge on any atom is 0.101 e. The van der Waals surface area contributed by atoms with Crippen molar-refractivity contribution in [1.29, 1.82) is 5.26 Å². The highest BCUT2D eigenvalue weighted by atomic mass is 15.1. The second kappa shape index (κ2) is 4.65. The lowest BCUT2D eigenvalue weighted by Gasteiger charge is -2.40. The minimum absolute atomic E-state index is 0.651. The molecule has 0 radical (unpaired) electrons. The van der Waals surface area contributed by atoms with Crippen molar-refractivity contribution in [1.82, 2.24) is 0 Å². The third-order valence-electron chi connectivity index (χ3n) is 4.85. The standard InChI is InChI=1S/C16H20N2/c17-13-14-5-1-2-6-15(14)18-11-9-16(10-12-18)7-3-4-8-16/h1-2,5-6H,3-4,7-12H2. The third-order valence-corrected chi connectivity index (χ3v) is 4.85. The molecule has 0 atom stereocenters. The van der Waals surface area contributed by atoms with Crippen LogP contribution in [0.25, 0.3) is 0 Å². The molecule has 0 amide bonds. The van der Waals surface area contributed by atoms with Gasteiger partial charge in [0.15, 0.2) is 0 Å². The van der Waals surface area contributed by atoms with E-state index in [0.29, 0.717) is 5.41 Å². The first kappa shape index (κ1) is 11.6. The van der Waals surface area contributed by atoms with Gasteiger partial charge in [0.25, 0.3) is 0 Å². The van der Waals surface area contributed by atoms with Gasteiger partial charge in [-0.15, -0.1) is 0 Å². The van der Waals surface area contributed by atoms with Crippen LogP contribution in [0.3, 0.4) is 0 Å². The lowest BCUT2D eigenvalue weighted by atomic mass is 9.77. The summed E-state index contributed by atoms with van der Waals surface area (Å²) < 4.78 is 0. The lowest BCUT2D eigenvalue weighted by molar-refractivity contribution is 0.226. The van der Waals surface area contributed by atoms with Crippen LogP contribution in [0, 0.1) is 16.7 Å². The van der Waals surface area contributed by atoms with E-state index in [2.05, 4.69) is 17.0 Å². The van der Waals surface area contributed by atoms with Gasteiger partial charge in [-0.3, -0.25) is 0 Å². The minimum atomic E-state index is 0.651. The van der Waals surface area contributed by atoms with Crippen molar-refractivity contribution >= 4 is 5.69 Å². The van der Waals surface area contributed by atoms with E-state index in [1.165, 1.54) is 38.5 Å². The zero-order chi connectivity index (χ0) is 12.4. The van der Waals surface area contributed by atoms with E-state index in [1.54, 1.807) is 0 Å². The molecule has 1 heterocycles. The third kappa shape index (κ3) is 1.99. The summed E-state index contributed by atoms with van der Waals surface area (Å²) in [5.41, 5.74) is 2.60. The number of nitrogens with zero attached hydrogens (tertiary/aromatic N) is 2. The predicted octanol–water partition coefficient (Wildman–Crippen LogP) is 3.72. The molecule has 2 fully saturated rings. The van der Waals surface area contributed by atoms with Crippen molar-refractivity contribution in [2.75, 3.05) is 18.0 Å². The Labute approximate surface area is 109 Å². The summed E-state index contributed by atoms with van der Waals surface area (Å²) >= 11 is 0. The number of nitriles is 1. The van der Waals surface area contributed by atoms with Crippen molar-refractivity contribution in [3.05, 3.63) is 29.8 Å². The molecule has 2 nitrogen and oxygen atoms in total. The Morgan fingerprint density at radius 2 is 1.67 bits per heavy atom. The van der Waals surface area contributed by atoms with Crippen LogP contribution < -0.4 is 4.90 Å². The van der Waals surface area contributed by atoms with Crippen LogP contribution in [-0.4, -0.2) is 13.1 Å². The second-order valence-electron chi connectivity index (χ2n) is 5.82. The molecule has 1 aliphatic carbocycles. The highest BCUT2D eigenvalue weighted by Crippen LogP contribution is 2.46. The summed E-state index contributed by atoms with van der Waals surface area (Å²) in [6.07, 6.45) is 8.34. The molecule has 0 aromatic heterocycles. The molecule has 1 saturated carbocycles. The Balaban J connectivity index is 1.74. The minimum Gasteiger partial charge on any atom is -0.370 e. The summed E-state index contributed by atoms with van der Waals surface area (Å²) in [5, 5.41) is 9.18. The fourth-order valence-corrected chi connectivity index (χ4v) is 3.69. The quantitative estimate of drug-likeness (QED) is 0.748. The number of piperidine rings is 1. The Morgan fingerprint density at radius 3 is 2.33 bits per heavy atom. The van der Waals surface area contributed by atoms with Crippen LogP contribution in [0.5, 0.6) is 0 Å². The number of para-hydroxylation sites is 1. The number of hydrogen-bond donors (Lipinski definition) is 0. The maximum absolute atomic E-state index is 9.18. The van der Waals surface area contributed by atoms with Gasteiger partial charge in [0, 0.05) is 13.1 Å². The Bertz CT molecular complexity index is 456. The second-order valence-corrected chi connectivity index (χ2v) is 5.82. The van der Waals surface area contributed by atoms with Gasteiger partial charge in [0.1, 0.15) is 6.07 Å². The molecule has 94 valence electrons. The Kier molecular flexibility index (Phi) is 2.99. The van der Waals surface area contributed by atoms with Gasteiger partial charge in [0.05, 0.1) is 11.3 Å². The van der Waals surface area contributed by atoms with Crippen molar-refractivity contribution in [2.24, 2.45) is 5.41 Å². The molecule has 0 unspecified atom stereocenters. The summed E-state index contributed by atoms with van der Waals surface area (Å²) in [6.45, 7) is 2.25. The van der Waals surface area contributed by atoms with E-state index >= 15 is 0 Å². The fourth-order valence-electron chi connectivity index (χ4n) is 3.69. The lowest BCUT2D eigenvalue weighted by Crippen LogP contribution is -2.39. The summed E-state index contributed by atoms with van der Waals surface area (Å²) in [6, 6.07) is 10.3. The number of anilines is 1. The van der Waals surface area contributed by atoms with E-state index in [1.807, 2.05) is 18.2 Å². The summed E-state index contributed by atoms with van der Waals surface area (Å²) in [4.78, 5) is 2.40. The summed E-state index contributed by atoms with van der Waals surface area (Å²) in [7, 11) is 0. The van der Waals surface area contributed by atoms with Crippen LogP contribution in [-0.2, 0) is 0 Å². The number of rotatable bonds is 1. The van der Waals surface area contributed by atoms with Crippen molar-refractivity contribution in [2.45, 2.75) is 38.5 Å². The van der Waals surface area contributed by atoms with Gasteiger partial charge in [-0.2, -0.15) is 5.26 Å². The average Bonchev–Trinajstić information content (AvgIpc) is 2.88. The first-order valence-electron chi connectivity index (χ1n) is 7.07. The zero-order valence-corrected chi connectivity index (χ0v) is 10.9.